The lowest BCUT2D eigenvalue weighted by molar-refractivity contribution is 0.0820. The van der Waals surface area contributed by atoms with Crippen LogP contribution in [-0.2, 0) is 0 Å². The second kappa shape index (κ2) is 7.78. The number of hydrogen-bond donors (Lipinski definition) is 2. The highest BCUT2D eigenvalue weighted by atomic mass is 35.5. The Labute approximate surface area is 138 Å². The van der Waals surface area contributed by atoms with E-state index in [4.69, 9.17) is 11.6 Å². The highest BCUT2D eigenvalue weighted by Gasteiger charge is 2.31. The molecular weight excluding hydrogens is 296 g/mol. The van der Waals surface area contributed by atoms with Crippen molar-refractivity contribution in [3.05, 3.63) is 34.9 Å². The van der Waals surface area contributed by atoms with Crippen LogP contribution in [0.15, 0.2) is 24.3 Å². The van der Waals surface area contributed by atoms with Crippen LogP contribution in [0.4, 0.5) is 0 Å². The van der Waals surface area contributed by atoms with Gasteiger partial charge in [-0.3, -0.25) is 0 Å². The molecule has 0 unspecified atom stereocenters. The average molecular weight is 323 g/mol. The molecule has 22 heavy (non-hydrogen) atoms. The Kier molecular flexibility index (Phi) is 5.75. The Hall–Kier alpha value is -0.610. The molecule has 1 saturated heterocycles. The topological polar surface area (TPSA) is 35.5 Å². The van der Waals surface area contributed by atoms with E-state index < -0.39 is 0 Å². The largest absolute Gasteiger partial charge is 0.393 e. The summed E-state index contributed by atoms with van der Waals surface area (Å²) in [6, 6.07) is 8.79. The van der Waals surface area contributed by atoms with Crippen molar-refractivity contribution in [3.8, 4) is 0 Å². The van der Waals surface area contributed by atoms with Crippen molar-refractivity contribution < 1.29 is 5.11 Å². The standard InChI is InChI=1S/C18H27ClN2O/c19-16-6-4-15(5-7-16)18(14-2-3-14)20-10-1-11-21-12-8-17(22)9-13-21/h4-7,14,17-18,20,22H,1-3,8-13H2/t18-/m1/s1. The molecule has 1 saturated carbocycles. The van der Waals surface area contributed by atoms with Crippen LogP contribution in [0.2, 0.25) is 5.02 Å². The van der Waals surface area contributed by atoms with Gasteiger partial charge in [0.1, 0.15) is 0 Å². The van der Waals surface area contributed by atoms with E-state index in [1.807, 2.05) is 12.1 Å². The maximum absolute atomic E-state index is 9.54. The molecule has 0 amide bonds. The predicted octanol–water partition coefficient (Wildman–Crippen LogP) is 3.23. The molecule has 1 aliphatic heterocycles. The molecule has 0 aromatic heterocycles. The molecule has 1 heterocycles. The van der Waals surface area contributed by atoms with E-state index in [1.54, 1.807) is 0 Å². The van der Waals surface area contributed by atoms with E-state index in [1.165, 1.54) is 24.8 Å². The number of likely N-dealkylation sites (tertiary alicyclic amines) is 1. The maximum Gasteiger partial charge on any atom is 0.0564 e. The van der Waals surface area contributed by atoms with E-state index in [0.29, 0.717) is 6.04 Å². The first-order chi connectivity index (χ1) is 10.7. The summed E-state index contributed by atoms with van der Waals surface area (Å²) in [5.41, 5.74) is 1.37. The van der Waals surface area contributed by atoms with E-state index in [9.17, 15) is 5.11 Å². The average Bonchev–Trinajstić information content (AvgIpc) is 3.35. The molecule has 4 heteroatoms. The lowest BCUT2D eigenvalue weighted by Crippen LogP contribution is -2.37. The molecule has 1 aromatic rings. The highest BCUT2D eigenvalue weighted by Crippen LogP contribution is 2.41. The smallest absolute Gasteiger partial charge is 0.0564 e. The third-order valence-corrected chi connectivity index (χ3v) is 5.15. The van der Waals surface area contributed by atoms with Gasteiger partial charge in [-0.05, 0) is 68.8 Å². The van der Waals surface area contributed by atoms with Crippen molar-refractivity contribution in [3.63, 3.8) is 0 Å². The Morgan fingerprint density at radius 1 is 1.14 bits per heavy atom. The fraction of sp³-hybridized carbons (Fsp3) is 0.667. The van der Waals surface area contributed by atoms with Crippen LogP contribution >= 0.6 is 11.6 Å². The summed E-state index contributed by atoms with van der Waals surface area (Å²) < 4.78 is 0. The molecule has 2 aliphatic rings. The second-order valence-corrected chi connectivity index (χ2v) is 7.18. The van der Waals surface area contributed by atoms with Gasteiger partial charge in [0.05, 0.1) is 6.10 Å². The number of halogens is 1. The molecular formula is C18H27ClN2O. The quantitative estimate of drug-likeness (QED) is 0.757. The van der Waals surface area contributed by atoms with Gasteiger partial charge in [-0.25, -0.2) is 0 Å². The van der Waals surface area contributed by atoms with Crippen molar-refractivity contribution in [2.45, 2.75) is 44.2 Å². The third-order valence-electron chi connectivity index (χ3n) is 4.90. The van der Waals surface area contributed by atoms with Crippen molar-refractivity contribution in [2.24, 2.45) is 5.92 Å². The van der Waals surface area contributed by atoms with Crippen molar-refractivity contribution >= 4 is 11.6 Å². The van der Waals surface area contributed by atoms with Crippen molar-refractivity contribution in [2.75, 3.05) is 26.2 Å². The molecule has 0 spiro atoms. The fourth-order valence-corrected chi connectivity index (χ4v) is 3.49. The zero-order valence-corrected chi connectivity index (χ0v) is 13.9. The summed E-state index contributed by atoms with van der Waals surface area (Å²) in [7, 11) is 0. The van der Waals surface area contributed by atoms with Crippen LogP contribution in [0.25, 0.3) is 0 Å². The number of piperidine rings is 1. The minimum Gasteiger partial charge on any atom is -0.393 e. The predicted molar refractivity (Wildman–Crippen MR) is 91.2 cm³/mol. The summed E-state index contributed by atoms with van der Waals surface area (Å²) in [5.74, 6) is 0.798. The normalized spacial score (nSPS) is 21.9. The number of aliphatic hydroxyl groups is 1. The summed E-state index contributed by atoms with van der Waals surface area (Å²) in [6.07, 6.45) is 5.64. The molecule has 1 aliphatic carbocycles. The number of nitrogens with one attached hydrogen (secondary N) is 1. The van der Waals surface area contributed by atoms with Gasteiger partial charge >= 0.3 is 0 Å². The van der Waals surface area contributed by atoms with Crippen LogP contribution in [0.1, 0.15) is 43.7 Å². The molecule has 122 valence electrons. The van der Waals surface area contributed by atoms with Crippen molar-refractivity contribution in [1.29, 1.82) is 0 Å². The third kappa shape index (κ3) is 4.69. The zero-order valence-electron chi connectivity index (χ0n) is 13.2. The summed E-state index contributed by atoms with van der Waals surface area (Å²) in [5, 5.41) is 14.1. The highest BCUT2D eigenvalue weighted by molar-refractivity contribution is 6.30. The Balaban J connectivity index is 1.41. The fourth-order valence-electron chi connectivity index (χ4n) is 3.36. The van der Waals surface area contributed by atoms with Crippen LogP contribution in [0.5, 0.6) is 0 Å². The Bertz CT molecular complexity index is 453. The van der Waals surface area contributed by atoms with Gasteiger partial charge < -0.3 is 15.3 Å². The number of benzene rings is 1. The first kappa shape index (κ1) is 16.3. The Morgan fingerprint density at radius 3 is 2.45 bits per heavy atom. The van der Waals surface area contributed by atoms with Gasteiger partial charge in [0.25, 0.3) is 0 Å². The monoisotopic (exact) mass is 322 g/mol. The van der Waals surface area contributed by atoms with Crippen molar-refractivity contribution in [1.82, 2.24) is 10.2 Å². The summed E-state index contributed by atoms with van der Waals surface area (Å²) in [4.78, 5) is 2.48. The van der Waals surface area contributed by atoms with Gasteiger partial charge in [0.15, 0.2) is 0 Å². The lowest BCUT2D eigenvalue weighted by atomic mass is 10.0. The molecule has 1 aromatic carbocycles. The number of rotatable bonds is 7. The first-order valence-corrected chi connectivity index (χ1v) is 8.99. The second-order valence-electron chi connectivity index (χ2n) is 6.75. The SMILES string of the molecule is OC1CCN(CCCN[C@@H](c2ccc(Cl)cc2)C2CC2)CC1. The first-order valence-electron chi connectivity index (χ1n) is 8.61. The summed E-state index contributed by atoms with van der Waals surface area (Å²) in [6.45, 7) is 4.29. The Morgan fingerprint density at radius 2 is 1.82 bits per heavy atom. The van der Waals surface area contributed by atoms with Crippen LogP contribution in [-0.4, -0.2) is 42.3 Å². The number of nitrogens with zero attached hydrogens (tertiary/aromatic N) is 1. The van der Waals surface area contributed by atoms with Gasteiger partial charge in [0, 0.05) is 24.2 Å². The molecule has 3 nitrogen and oxygen atoms in total. The van der Waals surface area contributed by atoms with Gasteiger partial charge in [-0.2, -0.15) is 0 Å². The molecule has 0 radical (unpaired) electrons. The van der Waals surface area contributed by atoms with E-state index in [-0.39, 0.29) is 6.10 Å². The van der Waals surface area contributed by atoms with E-state index >= 15 is 0 Å². The van der Waals surface area contributed by atoms with E-state index in [0.717, 1.165) is 50.0 Å². The van der Waals surface area contributed by atoms with Crippen LogP contribution < -0.4 is 5.32 Å². The minimum absolute atomic E-state index is 0.0708. The van der Waals surface area contributed by atoms with Gasteiger partial charge in [-0.15, -0.1) is 0 Å². The van der Waals surface area contributed by atoms with Gasteiger partial charge in [-0.1, -0.05) is 23.7 Å². The lowest BCUT2D eigenvalue weighted by Gasteiger charge is -2.29. The molecule has 2 fully saturated rings. The molecule has 2 N–H and O–H groups in total. The molecule has 0 bridgehead atoms. The van der Waals surface area contributed by atoms with Gasteiger partial charge in [0.2, 0.25) is 0 Å². The molecule has 3 rings (SSSR count). The number of aliphatic hydroxyl groups excluding tert-OH is 1. The van der Waals surface area contributed by atoms with E-state index in [2.05, 4.69) is 22.3 Å². The minimum atomic E-state index is -0.0708. The molecule has 1 atom stereocenters. The summed E-state index contributed by atoms with van der Waals surface area (Å²) >= 11 is 5.99. The van der Waals surface area contributed by atoms with Crippen LogP contribution in [0, 0.1) is 5.92 Å². The number of hydrogen-bond acceptors (Lipinski definition) is 3. The maximum atomic E-state index is 9.54. The zero-order chi connectivity index (χ0) is 15.4. The van der Waals surface area contributed by atoms with Crippen LogP contribution in [0.3, 0.4) is 0 Å².